The molecule has 2 aliphatic heterocycles. The number of nitrogens with zero attached hydrogens (tertiary/aromatic N) is 4. The Labute approximate surface area is 206 Å². The van der Waals surface area contributed by atoms with Crippen molar-refractivity contribution in [1.29, 1.82) is 0 Å². The fourth-order valence-electron chi connectivity index (χ4n) is 4.70. The van der Waals surface area contributed by atoms with Crippen molar-refractivity contribution in [1.82, 2.24) is 25.6 Å². The first kappa shape index (κ1) is 23.5. The number of guanidine groups is 1. The standard InChI is InChI=1S/C27H33FN6O/c1-20(22-7-8-24(25(28)17-22)21-5-3-2-4-6-21)26-18-23(32-35-26)19-31-27(33-13-9-29-10-14-33)34-15-11-30-12-16-34/h2-8,17-18,20,29-30H,9-16,19H2,1H3. The molecular formula is C27H33FN6O. The maximum Gasteiger partial charge on any atom is 0.197 e. The van der Waals surface area contributed by atoms with Crippen LogP contribution < -0.4 is 10.6 Å². The van der Waals surface area contributed by atoms with E-state index in [-0.39, 0.29) is 11.7 Å². The molecule has 2 aliphatic rings. The normalized spacial score (nSPS) is 17.3. The second-order valence-corrected chi connectivity index (χ2v) is 9.14. The maximum absolute atomic E-state index is 14.9. The molecule has 2 N–H and O–H groups in total. The molecule has 2 fully saturated rings. The molecule has 1 unspecified atom stereocenters. The lowest BCUT2D eigenvalue weighted by Crippen LogP contribution is -2.56. The van der Waals surface area contributed by atoms with Crippen LogP contribution in [0, 0.1) is 5.82 Å². The SMILES string of the molecule is CC(c1ccc(-c2ccccc2)c(F)c1)c1cc(CN=C(N2CCNCC2)N2CCNCC2)no1. The molecule has 3 heterocycles. The van der Waals surface area contributed by atoms with Gasteiger partial charge in [0.2, 0.25) is 0 Å². The van der Waals surface area contributed by atoms with Crippen molar-refractivity contribution in [3.05, 3.63) is 77.4 Å². The number of hydrogen-bond acceptors (Lipinski definition) is 5. The van der Waals surface area contributed by atoms with Crippen molar-refractivity contribution in [3.8, 4) is 11.1 Å². The Morgan fingerprint density at radius 1 is 0.971 bits per heavy atom. The zero-order valence-electron chi connectivity index (χ0n) is 20.2. The molecule has 2 saturated heterocycles. The van der Waals surface area contributed by atoms with Gasteiger partial charge >= 0.3 is 0 Å². The van der Waals surface area contributed by atoms with Gasteiger partial charge in [0.15, 0.2) is 5.96 Å². The average molecular weight is 477 g/mol. The molecular weight excluding hydrogens is 443 g/mol. The number of hydrogen-bond donors (Lipinski definition) is 2. The molecule has 184 valence electrons. The monoisotopic (exact) mass is 476 g/mol. The molecule has 1 aromatic heterocycles. The van der Waals surface area contributed by atoms with Gasteiger partial charge in [-0.15, -0.1) is 0 Å². The Bertz CT molecular complexity index is 1120. The zero-order valence-corrected chi connectivity index (χ0v) is 20.2. The lowest BCUT2D eigenvalue weighted by atomic mass is 9.95. The summed E-state index contributed by atoms with van der Waals surface area (Å²) in [6.07, 6.45) is 0. The molecule has 0 spiro atoms. The molecule has 8 heteroatoms. The van der Waals surface area contributed by atoms with E-state index in [1.165, 1.54) is 0 Å². The molecule has 35 heavy (non-hydrogen) atoms. The Kier molecular flexibility index (Phi) is 7.39. The molecule has 2 aromatic carbocycles. The molecule has 0 aliphatic carbocycles. The van der Waals surface area contributed by atoms with E-state index in [9.17, 15) is 4.39 Å². The van der Waals surface area contributed by atoms with Crippen molar-refractivity contribution < 1.29 is 8.91 Å². The van der Waals surface area contributed by atoms with Crippen LogP contribution in [0.25, 0.3) is 11.1 Å². The van der Waals surface area contributed by atoms with Crippen LogP contribution in [0.1, 0.15) is 29.9 Å². The number of piperazine rings is 2. The van der Waals surface area contributed by atoms with Crippen LogP contribution in [-0.2, 0) is 6.54 Å². The lowest BCUT2D eigenvalue weighted by Gasteiger charge is -2.38. The van der Waals surface area contributed by atoms with Gasteiger partial charge in [-0.25, -0.2) is 9.38 Å². The van der Waals surface area contributed by atoms with Crippen LogP contribution in [0.2, 0.25) is 0 Å². The van der Waals surface area contributed by atoms with Crippen LogP contribution in [0.3, 0.4) is 0 Å². The molecule has 7 nitrogen and oxygen atoms in total. The van der Waals surface area contributed by atoms with E-state index in [2.05, 4.69) is 25.6 Å². The summed E-state index contributed by atoms with van der Waals surface area (Å²) in [5.74, 6) is 1.42. The van der Waals surface area contributed by atoms with Crippen LogP contribution in [-0.4, -0.2) is 73.3 Å². The van der Waals surface area contributed by atoms with Gasteiger partial charge in [0.1, 0.15) is 17.3 Å². The summed E-state index contributed by atoms with van der Waals surface area (Å²) in [7, 11) is 0. The van der Waals surface area contributed by atoms with Crippen molar-refractivity contribution in [2.45, 2.75) is 19.4 Å². The van der Waals surface area contributed by atoms with E-state index in [0.717, 1.165) is 75.1 Å². The second kappa shape index (κ2) is 11.0. The molecule has 0 saturated carbocycles. The number of halogens is 1. The van der Waals surface area contributed by atoms with Gasteiger partial charge in [-0.3, -0.25) is 0 Å². The Morgan fingerprint density at radius 2 is 1.63 bits per heavy atom. The topological polar surface area (TPSA) is 68.9 Å². The van der Waals surface area contributed by atoms with Crippen molar-refractivity contribution in [3.63, 3.8) is 0 Å². The summed E-state index contributed by atoms with van der Waals surface area (Å²) >= 11 is 0. The number of benzene rings is 2. The van der Waals surface area contributed by atoms with E-state index in [1.54, 1.807) is 6.07 Å². The van der Waals surface area contributed by atoms with E-state index in [1.807, 2.05) is 55.5 Å². The first-order valence-corrected chi connectivity index (χ1v) is 12.4. The smallest absolute Gasteiger partial charge is 0.197 e. The molecule has 0 amide bonds. The van der Waals surface area contributed by atoms with Gasteiger partial charge in [0.25, 0.3) is 0 Å². The lowest BCUT2D eigenvalue weighted by molar-refractivity contribution is 0.269. The minimum Gasteiger partial charge on any atom is -0.360 e. The minimum absolute atomic E-state index is 0.111. The van der Waals surface area contributed by atoms with Crippen LogP contribution >= 0.6 is 0 Å². The number of nitrogens with one attached hydrogen (secondary N) is 2. The number of aromatic nitrogens is 1. The van der Waals surface area contributed by atoms with Gasteiger partial charge < -0.3 is 25.0 Å². The molecule has 0 radical (unpaired) electrons. The number of aliphatic imine (C=N–C) groups is 1. The second-order valence-electron chi connectivity index (χ2n) is 9.14. The average Bonchev–Trinajstić information content (AvgIpc) is 3.39. The fraction of sp³-hybridized carbons (Fsp3) is 0.407. The Morgan fingerprint density at radius 3 is 2.26 bits per heavy atom. The quantitative estimate of drug-likeness (QED) is 0.435. The van der Waals surface area contributed by atoms with E-state index in [4.69, 9.17) is 9.52 Å². The predicted octanol–water partition coefficient (Wildman–Crippen LogP) is 3.30. The van der Waals surface area contributed by atoms with E-state index in [0.29, 0.717) is 17.9 Å². The molecule has 3 aromatic rings. The summed E-state index contributed by atoms with van der Waals surface area (Å²) in [6.45, 7) is 10.2. The Balaban J connectivity index is 1.30. The van der Waals surface area contributed by atoms with Crippen molar-refractivity contribution in [2.75, 3.05) is 52.4 Å². The summed E-state index contributed by atoms with van der Waals surface area (Å²) in [5.41, 5.74) is 3.11. The fourth-order valence-corrected chi connectivity index (χ4v) is 4.70. The third kappa shape index (κ3) is 5.55. The van der Waals surface area contributed by atoms with Gasteiger partial charge in [-0.2, -0.15) is 0 Å². The van der Waals surface area contributed by atoms with Gasteiger partial charge in [0, 0.05) is 69.9 Å². The first-order valence-electron chi connectivity index (χ1n) is 12.4. The highest BCUT2D eigenvalue weighted by Crippen LogP contribution is 2.30. The van der Waals surface area contributed by atoms with Crippen molar-refractivity contribution in [2.24, 2.45) is 4.99 Å². The predicted molar refractivity (Wildman–Crippen MR) is 136 cm³/mol. The number of rotatable bonds is 5. The molecule has 0 bridgehead atoms. The highest BCUT2D eigenvalue weighted by atomic mass is 19.1. The summed E-state index contributed by atoms with van der Waals surface area (Å²) in [6, 6.07) is 16.9. The summed E-state index contributed by atoms with van der Waals surface area (Å²) in [5, 5.41) is 11.1. The van der Waals surface area contributed by atoms with E-state index >= 15 is 0 Å². The van der Waals surface area contributed by atoms with Crippen LogP contribution in [0.15, 0.2) is 64.1 Å². The van der Waals surface area contributed by atoms with E-state index < -0.39 is 0 Å². The van der Waals surface area contributed by atoms with Gasteiger partial charge in [0.05, 0.1) is 6.54 Å². The third-order valence-electron chi connectivity index (χ3n) is 6.76. The maximum atomic E-state index is 14.9. The third-order valence-corrected chi connectivity index (χ3v) is 6.76. The van der Waals surface area contributed by atoms with Gasteiger partial charge in [-0.1, -0.05) is 54.5 Å². The molecule has 5 rings (SSSR count). The van der Waals surface area contributed by atoms with Crippen molar-refractivity contribution >= 4 is 5.96 Å². The highest BCUT2D eigenvalue weighted by molar-refractivity contribution is 5.80. The highest BCUT2D eigenvalue weighted by Gasteiger charge is 2.22. The minimum atomic E-state index is -0.235. The van der Waals surface area contributed by atoms with Crippen LogP contribution in [0.5, 0.6) is 0 Å². The largest absolute Gasteiger partial charge is 0.360 e. The Hall–Kier alpha value is -3.23. The van der Waals surface area contributed by atoms with Gasteiger partial charge in [-0.05, 0) is 17.2 Å². The first-order chi connectivity index (χ1) is 17.2. The summed E-state index contributed by atoms with van der Waals surface area (Å²) < 4.78 is 20.6. The summed E-state index contributed by atoms with van der Waals surface area (Å²) in [4.78, 5) is 9.70. The zero-order chi connectivity index (χ0) is 24.0. The molecule has 1 atom stereocenters. The van der Waals surface area contributed by atoms with Crippen LogP contribution in [0.4, 0.5) is 4.39 Å².